The number of rotatable bonds is 3. The monoisotopic (exact) mass is 266 g/mol. The summed E-state index contributed by atoms with van der Waals surface area (Å²) in [7, 11) is 0. The molecule has 0 saturated carbocycles. The molecule has 3 aromatic rings. The van der Waals surface area contributed by atoms with E-state index in [0.29, 0.717) is 0 Å². The molecule has 0 aliphatic rings. The first-order chi connectivity index (χ1) is 9.36. The zero-order valence-electron chi connectivity index (χ0n) is 10.6. The molecule has 0 saturated heterocycles. The predicted molar refractivity (Wildman–Crippen MR) is 83.2 cm³/mol. The largest absolute Gasteiger partial charge is 0.354 e. The van der Waals surface area contributed by atoms with E-state index in [0.717, 1.165) is 16.8 Å². The van der Waals surface area contributed by atoms with E-state index in [-0.39, 0.29) is 0 Å². The van der Waals surface area contributed by atoms with Crippen molar-refractivity contribution < 1.29 is 0 Å². The molecule has 0 bridgehead atoms. The van der Waals surface area contributed by atoms with Crippen molar-refractivity contribution >= 4 is 33.9 Å². The highest BCUT2D eigenvalue weighted by Crippen LogP contribution is 2.26. The van der Waals surface area contributed by atoms with Crippen LogP contribution in [0.4, 0.5) is 11.4 Å². The van der Waals surface area contributed by atoms with Crippen LogP contribution < -0.4 is 5.32 Å². The molecule has 0 aliphatic heterocycles. The Kier molecular flexibility index (Phi) is 3.38. The Balaban J connectivity index is 2.01. The second-order valence-corrected chi connectivity index (χ2v) is 5.14. The average Bonchev–Trinajstić information content (AvgIpc) is 2.48. The molecule has 3 heteroatoms. The standard InChI is InChI=1S/C16H14N2S/c1-19-14-7-4-6-13(9-14)18-16-11-17-10-12-5-2-3-8-15(12)16/h2-11,18H,1H3. The summed E-state index contributed by atoms with van der Waals surface area (Å²) in [5, 5.41) is 5.78. The van der Waals surface area contributed by atoms with Crippen molar-refractivity contribution in [3.05, 3.63) is 60.9 Å². The smallest absolute Gasteiger partial charge is 0.0650 e. The van der Waals surface area contributed by atoms with E-state index in [1.165, 1.54) is 10.3 Å². The number of aromatic nitrogens is 1. The van der Waals surface area contributed by atoms with Gasteiger partial charge in [-0.1, -0.05) is 30.3 Å². The number of thioether (sulfide) groups is 1. The third kappa shape index (κ3) is 2.56. The fraction of sp³-hybridized carbons (Fsp3) is 0.0625. The third-order valence-electron chi connectivity index (χ3n) is 3.02. The number of anilines is 2. The van der Waals surface area contributed by atoms with Gasteiger partial charge in [0.2, 0.25) is 0 Å². The van der Waals surface area contributed by atoms with Gasteiger partial charge in [-0.05, 0) is 24.5 Å². The van der Waals surface area contributed by atoms with Gasteiger partial charge in [-0.15, -0.1) is 11.8 Å². The number of pyridine rings is 1. The molecule has 1 aromatic heterocycles. The van der Waals surface area contributed by atoms with Crippen LogP contribution in [0, 0.1) is 0 Å². The molecule has 19 heavy (non-hydrogen) atoms. The molecule has 0 fully saturated rings. The lowest BCUT2D eigenvalue weighted by Crippen LogP contribution is -1.92. The fourth-order valence-corrected chi connectivity index (χ4v) is 2.53. The van der Waals surface area contributed by atoms with Crippen LogP contribution in [0.2, 0.25) is 0 Å². The van der Waals surface area contributed by atoms with Crippen molar-refractivity contribution in [2.75, 3.05) is 11.6 Å². The molecule has 2 aromatic carbocycles. The van der Waals surface area contributed by atoms with Gasteiger partial charge in [-0.2, -0.15) is 0 Å². The average molecular weight is 266 g/mol. The van der Waals surface area contributed by atoms with E-state index in [2.05, 4.69) is 53.0 Å². The molecule has 0 radical (unpaired) electrons. The molecule has 0 amide bonds. The summed E-state index contributed by atoms with van der Waals surface area (Å²) < 4.78 is 0. The fourth-order valence-electron chi connectivity index (χ4n) is 2.07. The summed E-state index contributed by atoms with van der Waals surface area (Å²) in [6.07, 6.45) is 5.84. The summed E-state index contributed by atoms with van der Waals surface area (Å²) in [5.41, 5.74) is 2.13. The summed E-state index contributed by atoms with van der Waals surface area (Å²) in [4.78, 5) is 5.53. The number of fused-ring (bicyclic) bond motifs is 1. The zero-order valence-corrected chi connectivity index (χ0v) is 11.4. The first kappa shape index (κ1) is 12.1. The van der Waals surface area contributed by atoms with Crippen LogP contribution in [0.5, 0.6) is 0 Å². The van der Waals surface area contributed by atoms with Gasteiger partial charge in [-0.3, -0.25) is 4.98 Å². The van der Waals surface area contributed by atoms with Crippen molar-refractivity contribution in [1.82, 2.24) is 4.98 Å². The first-order valence-corrected chi connectivity index (χ1v) is 7.33. The summed E-state index contributed by atoms with van der Waals surface area (Å²) >= 11 is 1.74. The quantitative estimate of drug-likeness (QED) is 0.695. The molecule has 0 atom stereocenters. The van der Waals surface area contributed by atoms with E-state index in [4.69, 9.17) is 0 Å². The van der Waals surface area contributed by atoms with E-state index in [1.54, 1.807) is 11.8 Å². The van der Waals surface area contributed by atoms with Crippen LogP contribution in [0.1, 0.15) is 0 Å². The zero-order chi connectivity index (χ0) is 13.1. The molecule has 0 spiro atoms. The Labute approximate surface area is 116 Å². The van der Waals surface area contributed by atoms with Crippen LogP contribution in [-0.4, -0.2) is 11.2 Å². The lowest BCUT2D eigenvalue weighted by molar-refractivity contribution is 1.35. The predicted octanol–water partition coefficient (Wildman–Crippen LogP) is 4.70. The van der Waals surface area contributed by atoms with Gasteiger partial charge < -0.3 is 5.32 Å². The minimum absolute atomic E-state index is 1.04. The van der Waals surface area contributed by atoms with Crippen molar-refractivity contribution in [1.29, 1.82) is 0 Å². The lowest BCUT2D eigenvalue weighted by atomic mass is 10.1. The lowest BCUT2D eigenvalue weighted by Gasteiger charge is -2.10. The van der Waals surface area contributed by atoms with Gasteiger partial charge >= 0.3 is 0 Å². The van der Waals surface area contributed by atoms with E-state index in [9.17, 15) is 0 Å². The van der Waals surface area contributed by atoms with Crippen LogP contribution in [-0.2, 0) is 0 Å². The van der Waals surface area contributed by atoms with E-state index >= 15 is 0 Å². The minimum atomic E-state index is 1.04. The Morgan fingerprint density at radius 3 is 2.79 bits per heavy atom. The molecular weight excluding hydrogens is 252 g/mol. The molecule has 0 unspecified atom stereocenters. The highest BCUT2D eigenvalue weighted by Gasteiger charge is 2.02. The summed E-state index contributed by atoms with van der Waals surface area (Å²) in [6.45, 7) is 0. The topological polar surface area (TPSA) is 24.9 Å². The molecule has 0 aliphatic carbocycles. The van der Waals surface area contributed by atoms with Crippen LogP contribution >= 0.6 is 11.8 Å². The second-order valence-electron chi connectivity index (χ2n) is 4.27. The number of nitrogens with zero attached hydrogens (tertiary/aromatic N) is 1. The molecule has 1 N–H and O–H groups in total. The van der Waals surface area contributed by atoms with E-state index in [1.807, 2.05) is 24.5 Å². The first-order valence-electron chi connectivity index (χ1n) is 6.10. The second kappa shape index (κ2) is 5.33. The van der Waals surface area contributed by atoms with Crippen LogP contribution in [0.15, 0.2) is 65.8 Å². The van der Waals surface area contributed by atoms with Gasteiger partial charge in [0.15, 0.2) is 0 Å². The maximum atomic E-state index is 4.28. The summed E-state index contributed by atoms with van der Waals surface area (Å²) in [6, 6.07) is 16.6. The molecule has 3 rings (SSSR count). The Morgan fingerprint density at radius 2 is 1.89 bits per heavy atom. The molecule has 2 nitrogen and oxygen atoms in total. The Bertz CT molecular complexity index is 704. The number of benzene rings is 2. The van der Waals surface area contributed by atoms with Crippen molar-refractivity contribution in [3.8, 4) is 0 Å². The number of hydrogen-bond acceptors (Lipinski definition) is 3. The SMILES string of the molecule is CSc1cccc(Nc2cncc3ccccc23)c1. The Hall–Kier alpha value is -2.00. The van der Waals surface area contributed by atoms with Gasteiger partial charge in [-0.25, -0.2) is 0 Å². The van der Waals surface area contributed by atoms with Crippen LogP contribution in [0.25, 0.3) is 10.8 Å². The van der Waals surface area contributed by atoms with Gasteiger partial charge in [0, 0.05) is 27.6 Å². The third-order valence-corrected chi connectivity index (χ3v) is 3.74. The number of nitrogens with one attached hydrogen (secondary N) is 1. The minimum Gasteiger partial charge on any atom is -0.354 e. The van der Waals surface area contributed by atoms with Crippen molar-refractivity contribution in [3.63, 3.8) is 0 Å². The number of hydrogen-bond donors (Lipinski definition) is 1. The normalized spacial score (nSPS) is 10.6. The van der Waals surface area contributed by atoms with Gasteiger partial charge in [0.1, 0.15) is 0 Å². The van der Waals surface area contributed by atoms with E-state index < -0.39 is 0 Å². The highest BCUT2D eigenvalue weighted by atomic mass is 32.2. The molecular formula is C16H14N2S. The Morgan fingerprint density at radius 1 is 1.00 bits per heavy atom. The highest BCUT2D eigenvalue weighted by molar-refractivity contribution is 7.98. The summed E-state index contributed by atoms with van der Waals surface area (Å²) in [5.74, 6) is 0. The van der Waals surface area contributed by atoms with Gasteiger partial charge in [0.05, 0.1) is 11.9 Å². The van der Waals surface area contributed by atoms with Crippen molar-refractivity contribution in [2.45, 2.75) is 4.90 Å². The molecule has 1 heterocycles. The van der Waals surface area contributed by atoms with Crippen molar-refractivity contribution in [2.24, 2.45) is 0 Å². The maximum absolute atomic E-state index is 4.28. The maximum Gasteiger partial charge on any atom is 0.0650 e. The van der Waals surface area contributed by atoms with Crippen LogP contribution in [0.3, 0.4) is 0 Å². The van der Waals surface area contributed by atoms with Gasteiger partial charge in [0.25, 0.3) is 0 Å². The molecule has 94 valence electrons.